The maximum atomic E-state index is 12.8. The van der Waals surface area contributed by atoms with E-state index in [0.717, 1.165) is 5.56 Å². The van der Waals surface area contributed by atoms with Gasteiger partial charge < -0.3 is 10.6 Å². The van der Waals surface area contributed by atoms with Crippen molar-refractivity contribution in [2.24, 2.45) is 0 Å². The fourth-order valence-corrected chi connectivity index (χ4v) is 4.80. The molecule has 2 aromatic carbocycles. The van der Waals surface area contributed by atoms with Crippen LogP contribution >= 0.6 is 0 Å². The number of aryl methyl sites for hydroxylation is 1. The van der Waals surface area contributed by atoms with Crippen molar-refractivity contribution in [3.63, 3.8) is 0 Å². The van der Waals surface area contributed by atoms with Crippen LogP contribution in [0, 0.1) is 17.0 Å². The first kappa shape index (κ1) is 22.2. The van der Waals surface area contributed by atoms with Crippen molar-refractivity contribution < 1.29 is 22.9 Å². The van der Waals surface area contributed by atoms with Crippen molar-refractivity contribution in [3.05, 3.63) is 81.0 Å². The van der Waals surface area contributed by atoms with E-state index >= 15 is 0 Å². The molecule has 2 amide bonds. The van der Waals surface area contributed by atoms with Gasteiger partial charge in [-0.1, -0.05) is 29.8 Å². The maximum Gasteiger partial charge on any atom is 0.270 e. The number of sulfone groups is 1. The van der Waals surface area contributed by atoms with Crippen LogP contribution in [-0.4, -0.2) is 42.7 Å². The second kappa shape index (κ2) is 9.09. The number of nitrogens with zero attached hydrogens (tertiary/aromatic N) is 1. The van der Waals surface area contributed by atoms with Crippen LogP contribution in [0.2, 0.25) is 0 Å². The van der Waals surface area contributed by atoms with E-state index in [1.54, 1.807) is 30.3 Å². The number of hydrogen-bond acceptors (Lipinski definition) is 6. The fraction of sp³-hybridized carbons (Fsp3) is 0.238. The smallest absolute Gasteiger partial charge is 0.270 e. The monoisotopic (exact) mass is 443 g/mol. The molecule has 1 atom stereocenters. The predicted octanol–water partition coefficient (Wildman–Crippen LogP) is 1.98. The Balaban J connectivity index is 1.88. The molecule has 1 aliphatic heterocycles. The lowest BCUT2D eigenvalue weighted by Gasteiger charge is -2.14. The van der Waals surface area contributed by atoms with Gasteiger partial charge in [-0.2, -0.15) is 0 Å². The van der Waals surface area contributed by atoms with Gasteiger partial charge in [0, 0.05) is 23.7 Å². The molecular formula is C21H21N3O6S. The molecule has 162 valence electrons. The molecule has 31 heavy (non-hydrogen) atoms. The number of non-ortho nitro benzene ring substituents is 1. The first-order valence-corrected chi connectivity index (χ1v) is 11.3. The molecule has 0 aromatic heterocycles. The summed E-state index contributed by atoms with van der Waals surface area (Å²) in [5.74, 6) is -1.40. The van der Waals surface area contributed by atoms with Crippen LogP contribution < -0.4 is 10.6 Å². The van der Waals surface area contributed by atoms with E-state index < -0.39 is 32.6 Å². The summed E-state index contributed by atoms with van der Waals surface area (Å²) in [6, 6.07) is 11.8. The van der Waals surface area contributed by atoms with E-state index in [4.69, 9.17) is 0 Å². The van der Waals surface area contributed by atoms with Crippen LogP contribution in [0.25, 0.3) is 6.08 Å². The lowest BCUT2D eigenvalue weighted by molar-refractivity contribution is -0.384. The molecule has 0 spiro atoms. The summed E-state index contributed by atoms with van der Waals surface area (Å²) in [5, 5.41) is 16.2. The van der Waals surface area contributed by atoms with Gasteiger partial charge in [-0.15, -0.1) is 0 Å². The van der Waals surface area contributed by atoms with Gasteiger partial charge in [-0.3, -0.25) is 19.7 Å². The highest BCUT2D eigenvalue weighted by molar-refractivity contribution is 7.91. The van der Waals surface area contributed by atoms with Crippen molar-refractivity contribution in [2.75, 3.05) is 11.5 Å². The standard InChI is InChI=1S/C21H21N3O6S/c1-14-5-7-16(8-6-14)20(25)23-19(12-15-3-2-4-18(11-15)24(27)28)21(26)22-17-9-10-31(29,30)13-17/h2-8,11-12,17H,9-10,13H2,1H3,(H,22,26)(H,23,25)/b19-12-/t17-/m0/s1. The minimum Gasteiger partial charge on any atom is -0.347 e. The Morgan fingerprint density at radius 3 is 2.48 bits per heavy atom. The summed E-state index contributed by atoms with van der Waals surface area (Å²) in [4.78, 5) is 35.9. The Bertz CT molecular complexity index is 1160. The van der Waals surface area contributed by atoms with E-state index in [2.05, 4.69) is 10.6 Å². The van der Waals surface area contributed by atoms with Gasteiger partial charge in [-0.25, -0.2) is 8.42 Å². The number of carbonyl (C=O) groups is 2. The third-order valence-electron chi connectivity index (χ3n) is 4.77. The molecule has 0 unspecified atom stereocenters. The summed E-state index contributed by atoms with van der Waals surface area (Å²) < 4.78 is 23.4. The van der Waals surface area contributed by atoms with Crippen LogP contribution in [0.4, 0.5) is 5.69 Å². The Morgan fingerprint density at radius 1 is 1.16 bits per heavy atom. The largest absolute Gasteiger partial charge is 0.347 e. The van der Waals surface area contributed by atoms with Gasteiger partial charge in [0.1, 0.15) is 5.70 Å². The zero-order chi connectivity index (χ0) is 22.6. The van der Waals surface area contributed by atoms with E-state index in [1.807, 2.05) is 6.92 Å². The van der Waals surface area contributed by atoms with Crippen LogP contribution in [0.5, 0.6) is 0 Å². The van der Waals surface area contributed by atoms with E-state index in [1.165, 1.54) is 24.3 Å². The molecule has 0 aliphatic carbocycles. The Labute approximate surface area is 179 Å². The minimum atomic E-state index is -3.21. The average molecular weight is 443 g/mol. The van der Waals surface area contributed by atoms with Crippen LogP contribution in [0.15, 0.2) is 54.2 Å². The van der Waals surface area contributed by atoms with Gasteiger partial charge in [0.25, 0.3) is 17.5 Å². The zero-order valence-electron chi connectivity index (χ0n) is 16.7. The minimum absolute atomic E-state index is 0.0163. The van der Waals surface area contributed by atoms with Crippen molar-refractivity contribution in [3.8, 4) is 0 Å². The van der Waals surface area contributed by atoms with Gasteiger partial charge in [0.15, 0.2) is 9.84 Å². The predicted molar refractivity (Wildman–Crippen MR) is 115 cm³/mol. The lowest BCUT2D eigenvalue weighted by Crippen LogP contribution is -2.41. The Hall–Kier alpha value is -3.53. The highest BCUT2D eigenvalue weighted by Gasteiger charge is 2.30. The second-order valence-electron chi connectivity index (χ2n) is 7.30. The molecular weight excluding hydrogens is 422 g/mol. The number of nitro groups is 1. The molecule has 1 heterocycles. The van der Waals surface area contributed by atoms with Gasteiger partial charge in [0.2, 0.25) is 0 Å². The highest BCUT2D eigenvalue weighted by atomic mass is 32.2. The summed E-state index contributed by atoms with van der Waals surface area (Å²) in [6.07, 6.45) is 1.60. The van der Waals surface area contributed by atoms with Gasteiger partial charge in [-0.05, 0) is 37.1 Å². The number of nitrogens with one attached hydrogen (secondary N) is 2. The molecule has 1 fully saturated rings. The average Bonchev–Trinajstić information content (AvgIpc) is 3.06. The number of amides is 2. The summed E-state index contributed by atoms with van der Waals surface area (Å²) in [5.41, 5.74) is 1.31. The van der Waals surface area contributed by atoms with Gasteiger partial charge in [0.05, 0.1) is 16.4 Å². The first-order chi connectivity index (χ1) is 14.6. The number of hydrogen-bond donors (Lipinski definition) is 2. The molecule has 1 saturated heterocycles. The Morgan fingerprint density at radius 2 is 1.87 bits per heavy atom. The van der Waals surface area contributed by atoms with Crippen LogP contribution in [-0.2, 0) is 14.6 Å². The Kier molecular flexibility index (Phi) is 6.50. The van der Waals surface area contributed by atoms with E-state index in [9.17, 15) is 28.1 Å². The number of nitro benzene ring substituents is 1. The lowest BCUT2D eigenvalue weighted by atomic mass is 10.1. The summed E-state index contributed by atoms with van der Waals surface area (Å²) >= 11 is 0. The SMILES string of the molecule is Cc1ccc(C(=O)N/C(=C\c2cccc([N+](=O)[O-])c2)C(=O)N[C@H]2CCS(=O)(=O)C2)cc1. The van der Waals surface area contributed by atoms with Crippen molar-refractivity contribution >= 4 is 33.4 Å². The zero-order valence-corrected chi connectivity index (χ0v) is 17.5. The third-order valence-corrected chi connectivity index (χ3v) is 6.53. The number of rotatable bonds is 6. The topological polar surface area (TPSA) is 135 Å². The number of carbonyl (C=O) groups excluding carboxylic acids is 2. The van der Waals surface area contributed by atoms with E-state index in [0.29, 0.717) is 11.1 Å². The normalized spacial score (nSPS) is 17.7. The molecule has 10 heteroatoms. The van der Waals surface area contributed by atoms with Gasteiger partial charge >= 0.3 is 0 Å². The van der Waals surface area contributed by atoms with Crippen LogP contribution in [0.1, 0.15) is 27.9 Å². The maximum absolute atomic E-state index is 12.8. The van der Waals surface area contributed by atoms with Crippen molar-refractivity contribution in [1.29, 1.82) is 0 Å². The first-order valence-electron chi connectivity index (χ1n) is 9.48. The molecule has 2 aromatic rings. The summed E-state index contributed by atoms with van der Waals surface area (Å²) in [6.45, 7) is 1.87. The molecule has 0 saturated carbocycles. The second-order valence-corrected chi connectivity index (χ2v) is 9.53. The molecule has 1 aliphatic rings. The fourth-order valence-electron chi connectivity index (χ4n) is 3.12. The molecule has 0 radical (unpaired) electrons. The summed E-state index contributed by atoms with van der Waals surface area (Å²) in [7, 11) is -3.21. The third kappa shape index (κ3) is 5.98. The molecule has 3 rings (SSSR count). The van der Waals surface area contributed by atoms with Crippen LogP contribution in [0.3, 0.4) is 0 Å². The van der Waals surface area contributed by atoms with Crippen molar-refractivity contribution in [2.45, 2.75) is 19.4 Å². The molecule has 2 N–H and O–H groups in total. The number of benzene rings is 2. The molecule has 9 nitrogen and oxygen atoms in total. The quantitative estimate of drug-likeness (QED) is 0.398. The highest BCUT2D eigenvalue weighted by Crippen LogP contribution is 2.17. The van der Waals surface area contributed by atoms with Crippen molar-refractivity contribution in [1.82, 2.24) is 10.6 Å². The van der Waals surface area contributed by atoms with E-state index in [-0.39, 0.29) is 29.3 Å². The molecule has 0 bridgehead atoms.